The van der Waals surface area contributed by atoms with Crippen molar-refractivity contribution in [3.63, 3.8) is 0 Å². The second kappa shape index (κ2) is 12.3. The van der Waals surface area contributed by atoms with E-state index in [1.54, 1.807) is 29.2 Å². The molecule has 0 bridgehead atoms. The molecule has 1 heterocycles. The zero-order valence-electron chi connectivity index (χ0n) is 20.4. The van der Waals surface area contributed by atoms with Crippen molar-refractivity contribution in [2.24, 2.45) is 0 Å². The third kappa shape index (κ3) is 5.79. The number of rotatable bonds is 12. The number of carbonyl (C=O) groups excluding carboxylic acids is 2. The minimum absolute atomic E-state index is 0.0997. The van der Waals surface area contributed by atoms with Crippen molar-refractivity contribution in [1.29, 1.82) is 0 Å². The monoisotopic (exact) mass is 465 g/mol. The van der Waals surface area contributed by atoms with E-state index in [4.69, 9.17) is 9.47 Å². The lowest BCUT2D eigenvalue weighted by atomic mass is 9.95. The van der Waals surface area contributed by atoms with Crippen molar-refractivity contribution in [2.75, 3.05) is 19.8 Å². The normalized spacial score (nSPS) is 17.3. The Morgan fingerprint density at radius 2 is 1.62 bits per heavy atom. The van der Waals surface area contributed by atoms with Gasteiger partial charge in [-0.3, -0.25) is 9.59 Å². The van der Waals surface area contributed by atoms with E-state index in [9.17, 15) is 14.7 Å². The van der Waals surface area contributed by atoms with Crippen LogP contribution in [0.25, 0.3) is 5.76 Å². The molecule has 34 heavy (non-hydrogen) atoms. The first-order valence-corrected chi connectivity index (χ1v) is 12.3. The van der Waals surface area contributed by atoms with Crippen molar-refractivity contribution in [3.05, 3.63) is 65.2 Å². The van der Waals surface area contributed by atoms with Crippen LogP contribution in [0, 0.1) is 0 Å². The topological polar surface area (TPSA) is 76.1 Å². The number of likely N-dealkylation sites (tertiary alicyclic amines) is 1. The zero-order chi connectivity index (χ0) is 24.5. The third-order valence-corrected chi connectivity index (χ3v) is 5.80. The van der Waals surface area contributed by atoms with Gasteiger partial charge in [0.2, 0.25) is 0 Å². The van der Waals surface area contributed by atoms with Crippen LogP contribution in [0.2, 0.25) is 0 Å². The third-order valence-electron chi connectivity index (χ3n) is 5.80. The van der Waals surface area contributed by atoms with Crippen molar-refractivity contribution >= 4 is 17.4 Å². The van der Waals surface area contributed by atoms with Gasteiger partial charge >= 0.3 is 0 Å². The first-order chi connectivity index (χ1) is 16.5. The fourth-order valence-corrected chi connectivity index (χ4v) is 4.10. The van der Waals surface area contributed by atoms with Gasteiger partial charge in [0.15, 0.2) is 0 Å². The van der Waals surface area contributed by atoms with Crippen molar-refractivity contribution < 1.29 is 24.2 Å². The van der Waals surface area contributed by atoms with Crippen LogP contribution < -0.4 is 9.47 Å². The minimum atomic E-state index is -0.671. The van der Waals surface area contributed by atoms with E-state index in [2.05, 4.69) is 6.92 Å². The van der Waals surface area contributed by atoms with Crippen LogP contribution in [-0.4, -0.2) is 41.5 Å². The molecule has 0 saturated carbocycles. The van der Waals surface area contributed by atoms with Crippen LogP contribution in [0.5, 0.6) is 11.5 Å². The summed E-state index contributed by atoms with van der Waals surface area (Å²) in [5.74, 6) is -0.103. The fourth-order valence-electron chi connectivity index (χ4n) is 4.10. The van der Waals surface area contributed by atoms with Gasteiger partial charge in [0.1, 0.15) is 17.3 Å². The highest BCUT2D eigenvalue weighted by molar-refractivity contribution is 6.46. The molecule has 1 amide bonds. The lowest BCUT2D eigenvalue weighted by molar-refractivity contribution is -0.139. The van der Waals surface area contributed by atoms with Gasteiger partial charge in [-0.2, -0.15) is 0 Å². The summed E-state index contributed by atoms with van der Waals surface area (Å²) in [4.78, 5) is 27.5. The number of aliphatic hydroxyl groups excluding tert-OH is 1. The van der Waals surface area contributed by atoms with Crippen molar-refractivity contribution in [1.82, 2.24) is 4.90 Å². The number of amides is 1. The molecule has 1 aliphatic heterocycles. The summed E-state index contributed by atoms with van der Waals surface area (Å²) in [7, 11) is 0. The number of carbonyl (C=O) groups is 2. The van der Waals surface area contributed by atoms with E-state index in [1.165, 1.54) is 0 Å². The largest absolute Gasteiger partial charge is 0.507 e. The fraction of sp³-hybridized carbons (Fsp3) is 0.429. The van der Waals surface area contributed by atoms with E-state index in [0.717, 1.165) is 37.0 Å². The van der Waals surface area contributed by atoms with Gasteiger partial charge in [-0.05, 0) is 49.1 Å². The molecule has 182 valence electrons. The number of hydrogen-bond donors (Lipinski definition) is 1. The molecular formula is C28H35NO5. The molecule has 1 atom stereocenters. The van der Waals surface area contributed by atoms with Gasteiger partial charge in [-0.25, -0.2) is 0 Å². The number of benzene rings is 2. The van der Waals surface area contributed by atoms with Gasteiger partial charge in [-0.15, -0.1) is 0 Å². The highest BCUT2D eigenvalue weighted by Gasteiger charge is 2.45. The van der Waals surface area contributed by atoms with E-state index in [1.807, 2.05) is 38.1 Å². The lowest BCUT2D eigenvalue weighted by Gasteiger charge is -2.25. The second-order valence-corrected chi connectivity index (χ2v) is 8.49. The lowest BCUT2D eigenvalue weighted by Crippen LogP contribution is -2.30. The molecule has 0 spiro atoms. The Labute approximate surface area is 202 Å². The quantitative estimate of drug-likeness (QED) is 0.183. The standard InChI is InChI=1S/C28H35NO5/c1-4-7-8-18-34-22-14-12-20(13-15-22)25-24(27(31)28(32)29(25)16-5-2)26(30)21-10-9-11-23(19-21)33-17-6-3/h9-15,19,25,30H,4-8,16-18H2,1-3H3/b26-24-. The molecule has 2 aromatic carbocycles. The summed E-state index contributed by atoms with van der Waals surface area (Å²) in [5, 5.41) is 11.2. The van der Waals surface area contributed by atoms with E-state index >= 15 is 0 Å². The highest BCUT2D eigenvalue weighted by atomic mass is 16.5. The maximum atomic E-state index is 13.1. The first kappa shape index (κ1) is 25.3. The SMILES string of the molecule is CCCCCOc1ccc(C2/C(=C(/O)c3cccc(OCCC)c3)C(=O)C(=O)N2CCC)cc1. The Bertz CT molecular complexity index is 1010. The van der Waals surface area contributed by atoms with Crippen LogP contribution in [0.3, 0.4) is 0 Å². The molecule has 6 nitrogen and oxygen atoms in total. The molecule has 2 aromatic rings. The molecule has 1 unspecified atom stereocenters. The smallest absolute Gasteiger partial charge is 0.295 e. The van der Waals surface area contributed by atoms with Crippen molar-refractivity contribution in [3.8, 4) is 11.5 Å². The highest BCUT2D eigenvalue weighted by Crippen LogP contribution is 2.40. The van der Waals surface area contributed by atoms with Gasteiger partial charge in [0.25, 0.3) is 11.7 Å². The molecular weight excluding hydrogens is 430 g/mol. The van der Waals surface area contributed by atoms with Gasteiger partial charge in [0, 0.05) is 12.1 Å². The minimum Gasteiger partial charge on any atom is -0.507 e. The molecule has 0 aliphatic carbocycles. The first-order valence-electron chi connectivity index (χ1n) is 12.3. The van der Waals surface area contributed by atoms with Crippen LogP contribution in [-0.2, 0) is 9.59 Å². The molecule has 1 aliphatic rings. The molecule has 0 radical (unpaired) electrons. The number of hydrogen-bond acceptors (Lipinski definition) is 5. The Morgan fingerprint density at radius 3 is 2.29 bits per heavy atom. The summed E-state index contributed by atoms with van der Waals surface area (Å²) in [5.41, 5.74) is 1.31. The number of ketones is 1. The van der Waals surface area contributed by atoms with Gasteiger partial charge < -0.3 is 19.5 Å². The van der Waals surface area contributed by atoms with Gasteiger partial charge in [0.05, 0.1) is 24.8 Å². The maximum Gasteiger partial charge on any atom is 0.295 e. The molecule has 1 fully saturated rings. The van der Waals surface area contributed by atoms with E-state index < -0.39 is 17.7 Å². The van der Waals surface area contributed by atoms with E-state index in [-0.39, 0.29) is 11.3 Å². The van der Waals surface area contributed by atoms with E-state index in [0.29, 0.717) is 37.5 Å². The van der Waals surface area contributed by atoms with Crippen LogP contribution in [0.15, 0.2) is 54.1 Å². The summed E-state index contributed by atoms with van der Waals surface area (Å²) < 4.78 is 11.5. The average molecular weight is 466 g/mol. The summed E-state index contributed by atoms with van der Waals surface area (Å²) in [6.07, 6.45) is 4.80. The second-order valence-electron chi connectivity index (χ2n) is 8.49. The molecule has 1 saturated heterocycles. The molecule has 6 heteroatoms. The maximum absolute atomic E-state index is 13.1. The van der Waals surface area contributed by atoms with Gasteiger partial charge in [-0.1, -0.05) is 57.9 Å². The predicted octanol–water partition coefficient (Wildman–Crippen LogP) is 5.88. The summed E-state index contributed by atoms with van der Waals surface area (Å²) in [6.45, 7) is 7.74. The van der Waals surface area contributed by atoms with Crippen molar-refractivity contribution in [2.45, 2.75) is 58.9 Å². The summed E-state index contributed by atoms with van der Waals surface area (Å²) >= 11 is 0. The Kier molecular flexibility index (Phi) is 9.14. The number of aliphatic hydroxyl groups is 1. The Hall–Kier alpha value is -3.28. The molecule has 1 N–H and O–H groups in total. The summed E-state index contributed by atoms with van der Waals surface area (Å²) in [6, 6.07) is 13.8. The zero-order valence-corrected chi connectivity index (χ0v) is 20.4. The number of unbranched alkanes of at least 4 members (excludes halogenated alkanes) is 2. The van der Waals surface area contributed by atoms with Crippen LogP contribution >= 0.6 is 0 Å². The number of Topliss-reactive ketones (excluding diaryl/α,β-unsaturated/α-hetero) is 1. The molecule has 0 aromatic heterocycles. The predicted molar refractivity (Wildman–Crippen MR) is 133 cm³/mol. The number of nitrogens with zero attached hydrogens (tertiary/aromatic N) is 1. The Balaban J connectivity index is 1.96. The average Bonchev–Trinajstić information content (AvgIpc) is 3.11. The number of ether oxygens (including phenoxy) is 2. The van der Waals surface area contributed by atoms with Crippen LogP contribution in [0.1, 0.15) is 70.0 Å². The Morgan fingerprint density at radius 1 is 0.882 bits per heavy atom. The van der Waals surface area contributed by atoms with Crippen LogP contribution in [0.4, 0.5) is 0 Å². The molecule has 3 rings (SSSR count).